The Bertz CT molecular complexity index is 396. The number of alkyl carbamates (subject to hydrolysis) is 1. The zero-order valence-electron chi connectivity index (χ0n) is 12.3. The lowest BCUT2D eigenvalue weighted by atomic mass is 10.2. The van der Waals surface area contributed by atoms with E-state index < -0.39 is 35.8 Å². The van der Waals surface area contributed by atoms with Crippen LogP contribution in [0.4, 0.5) is 4.79 Å². The van der Waals surface area contributed by atoms with Crippen LogP contribution in [0.5, 0.6) is 0 Å². The Hall–Kier alpha value is -2.05. The topological polar surface area (TPSA) is 102 Å². The molecule has 7 heteroatoms. The van der Waals surface area contributed by atoms with E-state index in [1.165, 1.54) is 13.0 Å². The summed E-state index contributed by atoms with van der Waals surface area (Å²) in [5, 5.41) is 11.2. The molecule has 0 aliphatic heterocycles. The number of hydrogen-bond donors (Lipinski definition) is 2. The number of carboxylic acid groups (broad SMARTS) is 1. The highest BCUT2D eigenvalue weighted by molar-refractivity contribution is 5.84. The summed E-state index contributed by atoms with van der Waals surface area (Å²) in [6, 6.07) is -1.39. The second kappa shape index (κ2) is 7.52. The molecule has 20 heavy (non-hydrogen) atoms. The van der Waals surface area contributed by atoms with Gasteiger partial charge in [0.25, 0.3) is 0 Å². The van der Waals surface area contributed by atoms with Crippen LogP contribution in [0, 0.1) is 0 Å². The highest BCUT2D eigenvalue weighted by Crippen LogP contribution is 2.08. The molecule has 0 bridgehead atoms. The van der Waals surface area contributed by atoms with Gasteiger partial charge >= 0.3 is 18.0 Å². The zero-order valence-corrected chi connectivity index (χ0v) is 12.3. The lowest BCUT2D eigenvalue weighted by Gasteiger charge is -2.24. The highest BCUT2D eigenvalue weighted by atomic mass is 16.6. The Morgan fingerprint density at radius 3 is 2.20 bits per heavy atom. The molecule has 0 spiro atoms. The average molecular weight is 287 g/mol. The van der Waals surface area contributed by atoms with Crippen molar-refractivity contribution in [3.63, 3.8) is 0 Å². The van der Waals surface area contributed by atoms with Crippen LogP contribution in [0.25, 0.3) is 0 Å². The molecule has 0 aliphatic carbocycles. The molecule has 2 atom stereocenters. The predicted molar refractivity (Wildman–Crippen MR) is 71.2 cm³/mol. The van der Waals surface area contributed by atoms with E-state index in [-0.39, 0.29) is 0 Å². The van der Waals surface area contributed by atoms with Crippen LogP contribution in [0.3, 0.4) is 0 Å². The van der Waals surface area contributed by atoms with Gasteiger partial charge < -0.3 is 19.9 Å². The van der Waals surface area contributed by atoms with Crippen molar-refractivity contribution in [1.82, 2.24) is 5.32 Å². The van der Waals surface area contributed by atoms with E-state index in [9.17, 15) is 14.4 Å². The van der Waals surface area contributed by atoms with Crippen molar-refractivity contribution in [1.29, 1.82) is 0 Å². The lowest BCUT2D eigenvalue weighted by molar-refractivity contribution is -0.150. The second-order valence-corrected chi connectivity index (χ2v) is 5.10. The Kier molecular flexibility index (Phi) is 6.75. The molecule has 0 saturated carbocycles. The molecule has 0 unspecified atom stereocenters. The number of esters is 1. The third-order valence-electron chi connectivity index (χ3n) is 2.01. The molecule has 7 nitrogen and oxygen atoms in total. The Morgan fingerprint density at radius 1 is 1.25 bits per heavy atom. The minimum Gasteiger partial charge on any atom is -0.480 e. The normalized spacial score (nSPS) is 14.4. The highest BCUT2D eigenvalue weighted by Gasteiger charge is 2.30. The average Bonchev–Trinajstić information content (AvgIpc) is 2.22. The van der Waals surface area contributed by atoms with E-state index in [0.717, 1.165) is 6.08 Å². The molecule has 0 fully saturated rings. The smallest absolute Gasteiger partial charge is 0.408 e. The van der Waals surface area contributed by atoms with Gasteiger partial charge in [0.15, 0.2) is 6.04 Å². The Morgan fingerprint density at radius 2 is 1.80 bits per heavy atom. The molecule has 0 saturated heterocycles. The van der Waals surface area contributed by atoms with E-state index in [2.05, 4.69) is 5.32 Å². The van der Waals surface area contributed by atoms with Crippen molar-refractivity contribution >= 4 is 18.0 Å². The summed E-state index contributed by atoms with van der Waals surface area (Å²) in [5.74, 6) is -2.01. The minimum absolute atomic E-state index is 0.683. The molecule has 114 valence electrons. The van der Waals surface area contributed by atoms with Gasteiger partial charge in [-0.2, -0.15) is 0 Å². The van der Waals surface area contributed by atoms with Gasteiger partial charge in [0.1, 0.15) is 11.7 Å². The number of rotatable bonds is 5. The summed E-state index contributed by atoms with van der Waals surface area (Å²) in [6.07, 6.45) is 0.692. The van der Waals surface area contributed by atoms with Gasteiger partial charge in [-0.05, 0) is 34.6 Å². The van der Waals surface area contributed by atoms with Gasteiger partial charge in [-0.15, -0.1) is 0 Å². The Labute approximate surface area is 117 Å². The van der Waals surface area contributed by atoms with Crippen molar-refractivity contribution in [2.75, 3.05) is 0 Å². The molecule has 0 rings (SSSR count). The van der Waals surface area contributed by atoms with Crippen molar-refractivity contribution in [3.8, 4) is 0 Å². The maximum atomic E-state index is 11.5. The first-order valence-corrected chi connectivity index (χ1v) is 6.12. The van der Waals surface area contributed by atoms with Crippen molar-refractivity contribution < 1.29 is 29.0 Å². The number of hydrogen-bond acceptors (Lipinski definition) is 5. The van der Waals surface area contributed by atoms with E-state index in [1.807, 2.05) is 0 Å². The molecule has 0 aliphatic rings. The minimum atomic E-state index is -1.39. The fourth-order valence-electron chi connectivity index (χ4n) is 1.24. The zero-order chi connectivity index (χ0) is 15.9. The van der Waals surface area contributed by atoms with Gasteiger partial charge in [-0.25, -0.2) is 14.4 Å². The monoisotopic (exact) mass is 287 g/mol. The number of nitrogens with one attached hydrogen (secondary N) is 1. The van der Waals surface area contributed by atoms with Crippen molar-refractivity contribution in [2.24, 2.45) is 0 Å². The first kappa shape index (κ1) is 17.9. The number of carbonyl (C=O) groups excluding carboxylic acids is 2. The standard InChI is InChI=1S/C13H21NO6/c1-6-7-9(15)19-8(2)10(11(16)17)14-12(18)20-13(3,4)5/h6-8,10H,1-5H3,(H,14,18)(H,16,17)/b7-6+/t8-,10+/m1/s1. The van der Waals surface area contributed by atoms with E-state index in [0.29, 0.717) is 0 Å². The summed E-state index contributed by atoms with van der Waals surface area (Å²) < 4.78 is 9.82. The maximum Gasteiger partial charge on any atom is 0.408 e. The largest absolute Gasteiger partial charge is 0.480 e. The Balaban J connectivity index is 4.69. The van der Waals surface area contributed by atoms with Crippen LogP contribution in [0.2, 0.25) is 0 Å². The summed E-state index contributed by atoms with van der Waals surface area (Å²) in [6.45, 7) is 7.95. The quantitative estimate of drug-likeness (QED) is 0.586. The number of aliphatic carboxylic acids is 1. The SMILES string of the molecule is C/C=C/C(=O)O[C@H](C)[C@H](NC(=O)OC(C)(C)C)C(=O)O. The molecule has 0 aromatic rings. The first-order valence-electron chi connectivity index (χ1n) is 6.12. The second-order valence-electron chi connectivity index (χ2n) is 5.10. The summed E-state index contributed by atoms with van der Waals surface area (Å²) in [7, 11) is 0. The van der Waals surface area contributed by atoms with Gasteiger partial charge in [0.05, 0.1) is 0 Å². The van der Waals surface area contributed by atoms with Crippen LogP contribution >= 0.6 is 0 Å². The van der Waals surface area contributed by atoms with E-state index in [4.69, 9.17) is 14.6 Å². The lowest BCUT2D eigenvalue weighted by Crippen LogP contribution is -2.50. The fraction of sp³-hybridized carbons (Fsp3) is 0.615. The van der Waals surface area contributed by atoms with Crippen LogP contribution in [0.1, 0.15) is 34.6 Å². The van der Waals surface area contributed by atoms with Gasteiger partial charge in [-0.1, -0.05) is 6.08 Å². The van der Waals surface area contributed by atoms with Gasteiger partial charge in [0.2, 0.25) is 0 Å². The van der Waals surface area contributed by atoms with Crippen molar-refractivity contribution in [3.05, 3.63) is 12.2 Å². The number of ether oxygens (including phenoxy) is 2. The van der Waals surface area contributed by atoms with Gasteiger partial charge in [0, 0.05) is 6.08 Å². The molecular formula is C13H21NO6. The third-order valence-corrected chi connectivity index (χ3v) is 2.01. The van der Waals surface area contributed by atoms with Crippen LogP contribution < -0.4 is 5.32 Å². The molecule has 0 radical (unpaired) electrons. The molecule has 0 aromatic carbocycles. The molecule has 1 amide bonds. The fourth-order valence-corrected chi connectivity index (χ4v) is 1.24. The third kappa shape index (κ3) is 7.40. The van der Waals surface area contributed by atoms with E-state index >= 15 is 0 Å². The number of amides is 1. The molecule has 0 aromatic heterocycles. The van der Waals surface area contributed by atoms with Crippen LogP contribution in [-0.4, -0.2) is 40.9 Å². The van der Waals surface area contributed by atoms with E-state index in [1.54, 1.807) is 27.7 Å². The van der Waals surface area contributed by atoms with Gasteiger partial charge in [-0.3, -0.25) is 0 Å². The van der Waals surface area contributed by atoms with Crippen molar-refractivity contribution in [2.45, 2.75) is 52.4 Å². The maximum absolute atomic E-state index is 11.5. The number of allylic oxidation sites excluding steroid dienone is 1. The molecule has 2 N–H and O–H groups in total. The first-order chi connectivity index (χ1) is 9.06. The van der Waals surface area contributed by atoms with Crippen LogP contribution in [-0.2, 0) is 19.1 Å². The molecule has 0 heterocycles. The van der Waals surface area contributed by atoms with Crippen LogP contribution in [0.15, 0.2) is 12.2 Å². The summed E-state index contributed by atoms with van der Waals surface area (Å²) in [5.41, 5.74) is -0.752. The number of carbonyl (C=O) groups is 3. The number of carboxylic acids is 1. The predicted octanol–water partition coefficient (Wildman–Crippen LogP) is 1.47. The molecular weight excluding hydrogens is 266 g/mol. The summed E-state index contributed by atoms with van der Waals surface area (Å²) in [4.78, 5) is 33.9. The summed E-state index contributed by atoms with van der Waals surface area (Å²) >= 11 is 0.